The standard InChI is InChI=1S/C14H19N/c1-4-14(3,5-2)12-8-6-7-11-9-10-15-13(11)12/h6-10,15H,4-5H2,1-3H3. The molecule has 0 aliphatic rings. The molecule has 2 aromatic rings. The number of nitrogens with one attached hydrogen (secondary N) is 1. The Morgan fingerprint density at radius 3 is 2.53 bits per heavy atom. The lowest BCUT2D eigenvalue weighted by Gasteiger charge is -2.27. The molecule has 0 saturated carbocycles. The summed E-state index contributed by atoms with van der Waals surface area (Å²) in [6.07, 6.45) is 4.39. The number of benzene rings is 1. The van der Waals surface area contributed by atoms with Crippen molar-refractivity contribution in [3.63, 3.8) is 0 Å². The summed E-state index contributed by atoms with van der Waals surface area (Å²) >= 11 is 0. The molecule has 0 unspecified atom stereocenters. The quantitative estimate of drug-likeness (QED) is 0.764. The van der Waals surface area contributed by atoms with Gasteiger partial charge in [0.05, 0.1) is 0 Å². The lowest BCUT2D eigenvalue weighted by Crippen LogP contribution is -2.19. The van der Waals surface area contributed by atoms with Crippen LogP contribution in [0.5, 0.6) is 0 Å². The highest BCUT2D eigenvalue weighted by Gasteiger charge is 2.24. The van der Waals surface area contributed by atoms with Gasteiger partial charge in [0.25, 0.3) is 0 Å². The van der Waals surface area contributed by atoms with E-state index in [4.69, 9.17) is 0 Å². The summed E-state index contributed by atoms with van der Waals surface area (Å²) in [6, 6.07) is 8.73. The monoisotopic (exact) mass is 201 g/mol. The van der Waals surface area contributed by atoms with E-state index in [2.05, 4.69) is 50.0 Å². The SMILES string of the molecule is CCC(C)(CC)c1cccc2cc[nH]c12. The van der Waals surface area contributed by atoms with Crippen LogP contribution < -0.4 is 0 Å². The summed E-state index contributed by atoms with van der Waals surface area (Å²) in [5.41, 5.74) is 3.06. The maximum Gasteiger partial charge on any atom is 0.0492 e. The molecule has 0 bridgehead atoms. The minimum absolute atomic E-state index is 0.296. The van der Waals surface area contributed by atoms with Crippen LogP contribution in [0.4, 0.5) is 0 Å². The number of para-hydroxylation sites is 1. The largest absolute Gasteiger partial charge is 0.361 e. The van der Waals surface area contributed by atoms with Crippen LogP contribution in [0, 0.1) is 0 Å². The predicted molar refractivity (Wildman–Crippen MR) is 66.2 cm³/mol. The maximum atomic E-state index is 3.36. The summed E-state index contributed by atoms with van der Waals surface area (Å²) in [6.45, 7) is 6.89. The molecule has 1 heteroatoms. The molecular formula is C14H19N. The zero-order chi connectivity index (χ0) is 10.9. The Morgan fingerprint density at radius 2 is 1.87 bits per heavy atom. The average Bonchev–Trinajstić information content (AvgIpc) is 2.75. The highest BCUT2D eigenvalue weighted by Crippen LogP contribution is 2.34. The summed E-state index contributed by atoms with van der Waals surface area (Å²) < 4.78 is 0. The average molecular weight is 201 g/mol. The van der Waals surface area contributed by atoms with Gasteiger partial charge in [-0.25, -0.2) is 0 Å². The number of H-pyrrole nitrogens is 1. The van der Waals surface area contributed by atoms with E-state index in [0.717, 1.165) is 0 Å². The zero-order valence-electron chi connectivity index (χ0n) is 9.80. The minimum Gasteiger partial charge on any atom is -0.361 e. The van der Waals surface area contributed by atoms with Gasteiger partial charge in [0, 0.05) is 11.7 Å². The fraction of sp³-hybridized carbons (Fsp3) is 0.429. The Balaban J connectivity index is 2.64. The molecule has 0 aliphatic heterocycles. The molecule has 0 spiro atoms. The second-order valence-corrected chi connectivity index (χ2v) is 4.52. The van der Waals surface area contributed by atoms with Crippen molar-refractivity contribution in [2.75, 3.05) is 0 Å². The van der Waals surface area contributed by atoms with Gasteiger partial charge < -0.3 is 4.98 Å². The van der Waals surface area contributed by atoms with E-state index in [1.807, 2.05) is 6.20 Å². The van der Waals surface area contributed by atoms with Crippen molar-refractivity contribution in [3.05, 3.63) is 36.0 Å². The van der Waals surface area contributed by atoms with E-state index in [-0.39, 0.29) is 0 Å². The molecule has 1 aromatic heterocycles. The fourth-order valence-corrected chi connectivity index (χ4v) is 2.22. The summed E-state index contributed by atoms with van der Waals surface area (Å²) in [4.78, 5) is 3.36. The van der Waals surface area contributed by atoms with E-state index in [9.17, 15) is 0 Å². The molecule has 0 fully saturated rings. The van der Waals surface area contributed by atoms with Crippen LogP contribution in [0.2, 0.25) is 0 Å². The van der Waals surface area contributed by atoms with Gasteiger partial charge in [0.2, 0.25) is 0 Å². The third-order valence-electron chi connectivity index (χ3n) is 3.80. The Labute approximate surface area is 91.5 Å². The lowest BCUT2D eigenvalue weighted by molar-refractivity contribution is 0.442. The summed E-state index contributed by atoms with van der Waals surface area (Å²) in [7, 11) is 0. The molecule has 1 nitrogen and oxygen atoms in total. The van der Waals surface area contributed by atoms with E-state index < -0.39 is 0 Å². The Kier molecular flexibility index (Phi) is 2.56. The molecule has 0 amide bonds. The number of rotatable bonds is 3. The molecule has 0 aliphatic carbocycles. The van der Waals surface area contributed by atoms with Crippen LogP contribution >= 0.6 is 0 Å². The molecule has 15 heavy (non-hydrogen) atoms. The normalized spacial score (nSPS) is 12.2. The number of aromatic nitrogens is 1. The Morgan fingerprint density at radius 1 is 1.13 bits per heavy atom. The predicted octanol–water partition coefficient (Wildman–Crippen LogP) is 4.25. The van der Waals surface area contributed by atoms with Crippen LogP contribution in [-0.4, -0.2) is 4.98 Å². The van der Waals surface area contributed by atoms with Crippen LogP contribution in [0.15, 0.2) is 30.5 Å². The first-order valence-electron chi connectivity index (χ1n) is 5.78. The Bertz CT molecular complexity index is 449. The van der Waals surface area contributed by atoms with Gasteiger partial charge in [-0.15, -0.1) is 0 Å². The molecule has 2 rings (SSSR count). The highest BCUT2D eigenvalue weighted by atomic mass is 14.7. The fourth-order valence-electron chi connectivity index (χ4n) is 2.22. The van der Waals surface area contributed by atoms with Crippen LogP contribution in [0.3, 0.4) is 0 Å². The topological polar surface area (TPSA) is 15.8 Å². The number of fused-ring (bicyclic) bond motifs is 1. The van der Waals surface area contributed by atoms with Gasteiger partial charge in [0.15, 0.2) is 0 Å². The first kappa shape index (κ1) is 10.3. The van der Waals surface area contributed by atoms with Gasteiger partial charge in [-0.1, -0.05) is 39.0 Å². The second-order valence-electron chi connectivity index (χ2n) is 4.52. The molecule has 1 N–H and O–H groups in total. The third-order valence-corrected chi connectivity index (χ3v) is 3.80. The van der Waals surface area contributed by atoms with Crippen molar-refractivity contribution in [1.82, 2.24) is 4.98 Å². The molecule has 1 aromatic carbocycles. The highest BCUT2D eigenvalue weighted by molar-refractivity contribution is 5.83. The van der Waals surface area contributed by atoms with E-state index in [1.54, 1.807) is 0 Å². The maximum absolute atomic E-state index is 3.36. The van der Waals surface area contributed by atoms with Crippen LogP contribution in [0.1, 0.15) is 39.2 Å². The lowest BCUT2D eigenvalue weighted by atomic mass is 9.77. The van der Waals surface area contributed by atoms with Gasteiger partial charge in [0.1, 0.15) is 0 Å². The number of aromatic amines is 1. The molecule has 80 valence electrons. The zero-order valence-corrected chi connectivity index (χ0v) is 9.80. The second kappa shape index (κ2) is 3.73. The molecule has 0 atom stereocenters. The van der Waals surface area contributed by atoms with Crippen molar-refractivity contribution >= 4 is 10.9 Å². The van der Waals surface area contributed by atoms with Crippen LogP contribution in [0.25, 0.3) is 10.9 Å². The smallest absolute Gasteiger partial charge is 0.0492 e. The molecule has 1 heterocycles. The van der Waals surface area contributed by atoms with E-state index in [0.29, 0.717) is 5.41 Å². The van der Waals surface area contributed by atoms with Gasteiger partial charge >= 0.3 is 0 Å². The Hall–Kier alpha value is -1.24. The number of hydrogen-bond donors (Lipinski definition) is 1. The van der Waals surface area contributed by atoms with Crippen molar-refractivity contribution in [2.45, 2.75) is 39.0 Å². The van der Waals surface area contributed by atoms with E-state index >= 15 is 0 Å². The van der Waals surface area contributed by atoms with Crippen molar-refractivity contribution in [3.8, 4) is 0 Å². The van der Waals surface area contributed by atoms with Crippen molar-refractivity contribution in [2.24, 2.45) is 0 Å². The third kappa shape index (κ3) is 1.56. The van der Waals surface area contributed by atoms with E-state index in [1.165, 1.54) is 29.3 Å². The first-order chi connectivity index (χ1) is 7.21. The summed E-state index contributed by atoms with van der Waals surface area (Å²) in [5.74, 6) is 0. The molecular weight excluding hydrogens is 182 g/mol. The number of hydrogen-bond acceptors (Lipinski definition) is 0. The first-order valence-corrected chi connectivity index (χ1v) is 5.78. The molecule has 0 radical (unpaired) electrons. The minimum atomic E-state index is 0.296. The summed E-state index contributed by atoms with van der Waals surface area (Å²) in [5, 5.41) is 1.32. The molecule has 0 saturated heterocycles. The van der Waals surface area contributed by atoms with Gasteiger partial charge in [-0.3, -0.25) is 0 Å². The van der Waals surface area contributed by atoms with Crippen molar-refractivity contribution < 1.29 is 0 Å². The van der Waals surface area contributed by atoms with Gasteiger partial charge in [-0.05, 0) is 35.3 Å². The van der Waals surface area contributed by atoms with Crippen LogP contribution in [-0.2, 0) is 5.41 Å². The van der Waals surface area contributed by atoms with Crippen molar-refractivity contribution in [1.29, 1.82) is 0 Å². The van der Waals surface area contributed by atoms with Gasteiger partial charge in [-0.2, -0.15) is 0 Å².